The highest BCUT2D eigenvalue weighted by molar-refractivity contribution is 5.90. The zero-order valence-corrected chi connectivity index (χ0v) is 24.8. The van der Waals surface area contributed by atoms with Crippen LogP contribution in [0.25, 0.3) is 11.1 Å². The van der Waals surface area contributed by atoms with E-state index in [1.165, 1.54) is 12.1 Å². The molecule has 1 aliphatic rings. The number of hydrogen-bond donors (Lipinski definition) is 1. The molecule has 0 aliphatic heterocycles. The van der Waals surface area contributed by atoms with Crippen LogP contribution in [0.2, 0.25) is 0 Å². The standard InChI is InChI=1S/C36H34FNO6/c1-36(2,3)44-33(39)29-18-17-24(19-31(29)37)20-32(34(40)42-21-23-11-5-4-6-12-23)38-35(41)43-22-30-27-15-9-7-13-25(27)26-14-8-10-16-28(26)30/h4-19,30,32H,20-22H2,1-3H3,(H,38,41)/t32-/m0/s1. The van der Waals surface area contributed by atoms with Gasteiger partial charge in [0.2, 0.25) is 0 Å². The summed E-state index contributed by atoms with van der Waals surface area (Å²) in [6.07, 6.45) is -0.900. The smallest absolute Gasteiger partial charge is 0.407 e. The average molecular weight is 596 g/mol. The number of ether oxygens (including phenoxy) is 3. The molecule has 226 valence electrons. The Balaban J connectivity index is 1.30. The van der Waals surface area contributed by atoms with Crippen molar-refractivity contribution < 1.29 is 33.0 Å². The number of carbonyl (C=O) groups excluding carboxylic acids is 3. The zero-order valence-electron chi connectivity index (χ0n) is 24.8. The summed E-state index contributed by atoms with van der Waals surface area (Å²) in [5, 5.41) is 2.61. The highest BCUT2D eigenvalue weighted by atomic mass is 19.1. The van der Waals surface area contributed by atoms with E-state index in [9.17, 15) is 18.8 Å². The molecule has 0 radical (unpaired) electrons. The number of nitrogens with one attached hydrogen (secondary N) is 1. The van der Waals surface area contributed by atoms with E-state index in [1.807, 2.05) is 78.9 Å². The van der Waals surface area contributed by atoms with E-state index in [0.29, 0.717) is 5.56 Å². The SMILES string of the molecule is CC(C)(C)OC(=O)c1ccc(C[C@H](NC(=O)OCC2c3ccccc3-c3ccccc32)C(=O)OCc2ccccc2)cc1F. The third-order valence-electron chi connectivity index (χ3n) is 7.24. The van der Waals surface area contributed by atoms with Crippen molar-refractivity contribution in [2.75, 3.05) is 6.61 Å². The summed E-state index contributed by atoms with van der Waals surface area (Å²) in [5.74, 6) is -2.46. The third-order valence-corrected chi connectivity index (χ3v) is 7.24. The van der Waals surface area contributed by atoms with Crippen molar-refractivity contribution in [2.45, 2.75) is 51.4 Å². The van der Waals surface area contributed by atoms with Crippen LogP contribution in [0.4, 0.5) is 9.18 Å². The first kappa shape index (κ1) is 30.5. The molecule has 5 rings (SSSR count). The highest BCUT2D eigenvalue weighted by Crippen LogP contribution is 2.44. The van der Waals surface area contributed by atoms with Crippen molar-refractivity contribution in [3.8, 4) is 11.1 Å². The lowest BCUT2D eigenvalue weighted by atomic mass is 9.98. The number of carbonyl (C=O) groups is 3. The third kappa shape index (κ3) is 7.32. The lowest BCUT2D eigenvalue weighted by Gasteiger charge is -2.21. The van der Waals surface area contributed by atoms with Gasteiger partial charge in [0.05, 0.1) is 5.56 Å². The lowest BCUT2D eigenvalue weighted by Crippen LogP contribution is -2.44. The van der Waals surface area contributed by atoms with Crippen LogP contribution in [0.3, 0.4) is 0 Å². The molecular weight excluding hydrogens is 561 g/mol. The van der Waals surface area contributed by atoms with Crippen LogP contribution in [0, 0.1) is 5.82 Å². The number of hydrogen-bond acceptors (Lipinski definition) is 6. The van der Waals surface area contributed by atoms with Gasteiger partial charge in [-0.25, -0.2) is 18.8 Å². The Morgan fingerprint density at radius 3 is 2.02 bits per heavy atom. The maximum absolute atomic E-state index is 15.0. The average Bonchev–Trinajstić information content (AvgIpc) is 3.31. The topological polar surface area (TPSA) is 90.9 Å². The Hall–Kier alpha value is -4.98. The summed E-state index contributed by atoms with van der Waals surface area (Å²) < 4.78 is 31.4. The molecule has 0 spiro atoms. The molecule has 1 N–H and O–H groups in total. The lowest BCUT2D eigenvalue weighted by molar-refractivity contribution is -0.147. The largest absolute Gasteiger partial charge is 0.459 e. The van der Waals surface area contributed by atoms with Crippen molar-refractivity contribution in [3.05, 3.63) is 131 Å². The minimum atomic E-state index is -1.18. The first-order valence-electron chi connectivity index (χ1n) is 14.4. The summed E-state index contributed by atoms with van der Waals surface area (Å²) >= 11 is 0. The maximum Gasteiger partial charge on any atom is 0.407 e. The van der Waals surface area contributed by atoms with Gasteiger partial charge in [-0.1, -0.05) is 84.9 Å². The number of alkyl carbamates (subject to hydrolysis) is 1. The van der Waals surface area contributed by atoms with Gasteiger partial charge < -0.3 is 19.5 Å². The van der Waals surface area contributed by atoms with Crippen LogP contribution in [0.15, 0.2) is 97.1 Å². The Morgan fingerprint density at radius 1 is 0.795 bits per heavy atom. The van der Waals surface area contributed by atoms with Crippen molar-refractivity contribution in [2.24, 2.45) is 0 Å². The van der Waals surface area contributed by atoms with Gasteiger partial charge in [0, 0.05) is 12.3 Å². The van der Waals surface area contributed by atoms with Crippen molar-refractivity contribution in [3.63, 3.8) is 0 Å². The van der Waals surface area contributed by atoms with Crippen LogP contribution < -0.4 is 5.32 Å². The fraction of sp³-hybridized carbons (Fsp3) is 0.250. The second-order valence-electron chi connectivity index (χ2n) is 11.6. The van der Waals surface area contributed by atoms with Crippen molar-refractivity contribution >= 4 is 18.0 Å². The number of benzene rings is 4. The van der Waals surface area contributed by atoms with E-state index in [-0.39, 0.29) is 31.1 Å². The number of amides is 1. The second-order valence-corrected chi connectivity index (χ2v) is 11.6. The zero-order chi connectivity index (χ0) is 31.3. The molecule has 1 atom stereocenters. The van der Waals surface area contributed by atoms with Crippen LogP contribution in [0.5, 0.6) is 0 Å². The van der Waals surface area contributed by atoms with Crippen LogP contribution in [-0.4, -0.2) is 36.3 Å². The van der Waals surface area contributed by atoms with Gasteiger partial charge in [-0.2, -0.15) is 0 Å². The fourth-order valence-corrected chi connectivity index (χ4v) is 5.22. The Labute approximate surface area is 256 Å². The molecule has 1 amide bonds. The fourth-order valence-electron chi connectivity index (χ4n) is 5.22. The Kier molecular flexibility index (Phi) is 9.09. The molecule has 4 aromatic carbocycles. The molecule has 0 saturated heterocycles. The molecule has 0 aromatic heterocycles. The summed E-state index contributed by atoms with van der Waals surface area (Å²) in [6, 6.07) is 27.9. The first-order chi connectivity index (χ1) is 21.1. The molecule has 44 heavy (non-hydrogen) atoms. The van der Waals surface area contributed by atoms with Crippen LogP contribution >= 0.6 is 0 Å². The van der Waals surface area contributed by atoms with E-state index < -0.39 is 35.5 Å². The quantitative estimate of drug-likeness (QED) is 0.166. The number of esters is 2. The highest BCUT2D eigenvalue weighted by Gasteiger charge is 2.30. The summed E-state index contributed by atoms with van der Waals surface area (Å²) in [5.41, 5.74) is 4.43. The number of halogens is 1. The van der Waals surface area contributed by atoms with Crippen LogP contribution in [-0.2, 0) is 32.0 Å². The van der Waals surface area contributed by atoms with Gasteiger partial charge >= 0.3 is 18.0 Å². The minimum Gasteiger partial charge on any atom is -0.459 e. The van der Waals surface area contributed by atoms with Crippen LogP contribution in [0.1, 0.15) is 59.3 Å². The molecule has 7 nitrogen and oxygen atoms in total. The number of rotatable bonds is 9. The van der Waals surface area contributed by atoms with Gasteiger partial charge in [-0.3, -0.25) is 0 Å². The maximum atomic E-state index is 15.0. The monoisotopic (exact) mass is 595 g/mol. The van der Waals surface area contributed by atoms with Gasteiger partial charge in [-0.05, 0) is 66.3 Å². The minimum absolute atomic E-state index is 0.00547. The molecule has 8 heteroatoms. The van der Waals surface area contributed by atoms with Gasteiger partial charge in [0.15, 0.2) is 0 Å². The van der Waals surface area contributed by atoms with Crippen molar-refractivity contribution in [1.29, 1.82) is 0 Å². The van der Waals surface area contributed by atoms with E-state index in [0.717, 1.165) is 33.9 Å². The van der Waals surface area contributed by atoms with E-state index >= 15 is 0 Å². The Bertz CT molecular complexity index is 1620. The predicted molar refractivity (Wildman–Crippen MR) is 164 cm³/mol. The molecule has 0 heterocycles. The second kappa shape index (κ2) is 13.1. The molecule has 4 aromatic rings. The molecule has 0 fully saturated rings. The molecule has 0 unspecified atom stereocenters. The van der Waals surface area contributed by atoms with E-state index in [1.54, 1.807) is 20.8 Å². The van der Waals surface area contributed by atoms with Gasteiger partial charge in [-0.15, -0.1) is 0 Å². The Morgan fingerprint density at radius 2 is 1.41 bits per heavy atom. The van der Waals surface area contributed by atoms with Crippen molar-refractivity contribution in [1.82, 2.24) is 5.32 Å². The summed E-state index contributed by atoms with van der Waals surface area (Å²) in [7, 11) is 0. The molecule has 1 aliphatic carbocycles. The first-order valence-corrected chi connectivity index (χ1v) is 14.4. The summed E-state index contributed by atoms with van der Waals surface area (Å²) in [4.78, 5) is 38.7. The molecular formula is C36H34FNO6. The van der Waals surface area contributed by atoms with E-state index in [2.05, 4.69) is 5.32 Å². The van der Waals surface area contributed by atoms with Gasteiger partial charge in [0.25, 0.3) is 0 Å². The van der Waals surface area contributed by atoms with Gasteiger partial charge in [0.1, 0.15) is 30.7 Å². The summed E-state index contributed by atoms with van der Waals surface area (Å²) in [6.45, 7) is 5.13. The molecule has 0 bridgehead atoms. The number of fused-ring (bicyclic) bond motifs is 3. The molecule has 0 saturated carbocycles. The van der Waals surface area contributed by atoms with E-state index in [4.69, 9.17) is 14.2 Å². The normalized spacial score (nSPS) is 12.9. The predicted octanol–water partition coefficient (Wildman–Crippen LogP) is 6.97.